The molecule has 1 N–H and O–H groups in total. The second kappa shape index (κ2) is 7.97. The molecule has 0 amide bonds. The van der Waals surface area contributed by atoms with E-state index in [0.717, 1.165) is 37.3 Å². The predicted molar refractivity (Wildman–Crippen MR) is 79.8 cm³/mol. The maximum atomic E-state index is 13.1. The van der Waals surface area contributed by atoms with Crippen molar-refractivity contribution in [3.8, 4) is 11.3 Å². The minimum absolute atomic E-state index is 0. The summed E-state index contributed by atoms with van der Waals surface area (Å²) in [6.45, 7) is 2.34. The summed E-state index contributed by atoms with van der Waals surface area (Å²) in [5, 5.41) is 3.42. The average Bonchev–Trinajstić information content (AvgIpc) is 3.13. The molecule has 1 fully saturated rings. The zero-order chi connectivity index (χ0) is 14.7. The number of nitrogens with one attached hydrogen (secondary N) is 1. The monoisotopic (exact) mass is 344 g/mol. The molecular formula is C16H17Cl2FNO2-. The summed E-state index contributed by atoms with van der Waals surface area (Å²) in [7, 11) is 0. The Morgan fingerprint density at radius 2 is 2.14 bits per heavy atom. The van der Waals surface area contributed by atoms with Crippen molar-refractivity contribution < 1.29 is 26.0 Å². The van der Waals surface area contributed by atoms with Crippen LogP contribution >= 0.6 is 11.6 Å². The van der Waals surface area contributed by atoms with Crippen LogP contribution in [-0.4, -0.2) is 19.3 Å². The van der Waals surface area contributed by atoms with Crippen LogP contribution in [0.1, 0.15) is 18.6 Å². The first-order chi connectivity index (χ1) is 10.2. The van der Waals surface area contributed by atoms with E-state index in [9.17, 15) is 4.39 Å². The molecule has 1 aliphatic heterocycles. The molecule has 0 bridgehead atoms. The van der Waals surface area contributed by atoms with Gasteiger partial charge in [0, 0.05) is 18.7 Å². The van der Waals surface area contributed by atoms with Gasteiger partial charge in [-0.3, -0.25) is 0 Å². The molecule has 3 nitrogen and oxygen atoms in total. The molecule has 6 heteroatoms. The molecule has 1 atom stereocenters. The highest BCUT2D eigenvalue weighted by Gasteiger charge is 2.15. The molecule has 1 saturated heterocycles. The van der Waals surface area contributed by atoms with Gasteiger partial charge in [0.25, 0.3) is 0 Å². The van der Waals surface area contributed by atoms with Crippen LogP contribution in [0.4, 0.5) is 4.39 Å². The van der Waals surface area contributed by atoms with Gasteiger partial charge in [0.05, 0.1) is 17.7 Å². The third-order valence-electron chi connectivity index (χ3n) is 3.56. The van der Waals surface area contributed by atoms with E-state index < -0.39 is 5.82 Å². The lowest BCUT2D eigenvalue weighted by Crippen LogP contribution is -3.00. The smallest absolute Gasteiger partial charge is 0.141 e. The van der Waals surface area contributed by atoms with E-state index in [1.54, 1.807) is 12.1 Å². The number of rotatable bonds is 5. The number of halogens is 3. The molecule has 0 saturated carbocycles. The predicted octanol–water partition coefficient (Wildman–Crippen LogP) is 1.01. The van der Waals surface area contributed by atoms with Gasteiger partial charge in [0.15, 0.2) is 0 Å². The summed E-state index contributed by atoms with van der Waals surface area (Å²) in [6, 6.07) is 8.35. The molecule has 1 aliphatic rings. The highest BCUT2D eigenvalue weighted by molar-refractivity contribution is 6.31. The Hall–Kier alpha value is -1.07. The third-order valence-corrected chi connectivity index (χ3v) is 3.85. The molecule has 120 valence electrons. The maximum Gasteiger partial charge on any atom is 0.141 e. The van der Waals surface area contributed by atoms with Crippen molar-refractivity contribution in [2.45, 2.75) is 25.5 Å². The topological polar surface area (TPSA) is 34.4 Å². The van der Waals surface area contributed by atoms with E-state index >= 15 is 0 Å². The van der Waals surface area contributed by atoms with Crippen LogP contribution in [0.2, 0.25) is 5.02 Å². The summed E-state index contributed by atoms with van der Waals surface area (Å²) in [5.74, 6) is 1.10. The Morgan fingerprint density at radius 1 is 1.27 bits per heavy atom. The molecule has 2 aromatic rings. The Balaban J connectivity index is 0.00000176. The Bertz CT molecular complexity index is 612. The van der Waals surface area contributed by atoms with Crippen molar-refractivity contribution in [1.29, 1.82) is 0 Å². The van der Waals surface area contributed by atoms with E-state index in [-0.39, 0.29) is 17.4 Å². The zero-order valence-corrected chi connectivity index (χ0v) is 13.5. The average molecular weight is 345 g/mol. The molecule has 1 unspecified atom stereocenters. The molecule has 3 rings (SSSR count). The fourth-order valence-corrected chi connectivity index (χ4v) is 2.62. The molecule has 0 spiro atoms. The van der Waals surface area contributed by atoms with Gasteiger partial charge in [-0.2, -0.15) is 0 Å². The van der Waals surface area contributed by atoms with Crippen LogP contribution in [-0.2, 0) is 11.3 Å². The molecule has 2 heterocycles. The van der Waals surface area contributed by atoms with E-state index in [1.165, 1.54) is 6.07 Å². The zero-order valence-electron chi connectivity index (χ0n) is 12.0. The van der Waals surface area contributed by atoms with Gasteiger partial charge in [0.1, 0.15) is 17.3 Å². The maximum absolute atomic E-state index is 13.1. The van der Waals surface area contributed by atoms with Crippen LogP contribution in [0, 0.1) is 5.82 Å². The number of furan rings is 1. The Kier molecular flexibility index (Phi) is 6.26. The lowest BCUT2D eigenvalue weighted by molar-refractivity contribution is -0.00000669. The largest absolute Gasteiger partial charge is 1.00 e. The van der Waals surface area contributed by atoms with Crippen LogP contribution in [0.15, 0.2) is 34.7 Å². The normalized spacial score (nSPS) is 17.5. The van der Waals surface area contributed by atoms with Crippen LogP contribution in [0.3, 0.4) is 0 Å². The van der Waals surface area contributed by atoms with Gasteiger partial charge in [-0.05, 0) is 43.2 Å². The molecule has 0 aliphatic carbocycles. The van der Waals surface area contributed by atoms with Gasteiger partial charge >= 0.3 is 0 Å². The molecular weight excluding hydrogens is 328 g/mol. The van der Waals surface area contributed by atoms with Crippen molar-refractivity contribution in [2.24, 2.45) is 0 Å². The van der Waals surface area contributed by atoms with Crippen LogP contribution < -0.4 is 17.7 Å². The first-order valence-electron chi connectivity index (χ1n) is 7.09. The Morgan fingerprint density at radius 3 is 2.86 bits per heavy atom. The fraction of sp³-hybridized carbons (Fsp3) is 0.375. The van der Waals surface area contributed by atoms with E-state index in [2.05, 4.69) is 5.32 Å². The first-order valence-corrected chi connectivity index (χ1v) is 7.46. The summed E-state index contributed by atoms with van der Waals surface area (Å²) >= 11 is 5.78. The molecule has 22 heavy (non-hydrogen) atoms. The lowest BCUT2D eigenvalue weighted by atomic mass is 10.2. The van der Waals surface area contributed by atoms with E-state index in [0.29, 0.717) is 18.4 Å². The van der Waals surface area contributed by atoms with Crippen molar-refractivity contribution in [2.75, 3.05) is 13.2 Å². The van der Waals surface area contributed by atoms with Crippen LogP contribution in [0.5, 0.6) is 0 Å². The minimum atomic E-state index is -0.426. The van der Waals surface area contributed by atoms with Crippen molar-refractivity contribution in [3.63, 3.8) is 0 Å². The standard InChI is InChI=1S/C16H17ClFNO2.ClH/c17-14-8-11(3-5-15(14)18)16-6-4-13(21-16)10-19-9-12-2-1-7-20-12;/h3-6,8,12,19H,1-2,7,9-10H2;1H/p-1. The van der Waals surface area contributed by atoms with E-state index in [1.807, 2.05) is 12.1 Å². The van der Waals surface area contributed by atoms with Crippen molar-refractivity contribution >= 4 is 11.6 Å². The van der Waals surface area contributed by atoms with Gasteiger partial charge < -0.3 is 26.9 Å². The van der Waals surface area contributed by atoms with Gasteiger partial charge in [-0.25, -0.2) is 4.39 Å². The quantitative estimate of drug-likeness (QED) is 0.879. The van der Waals surface area contributed by atoms with Crippen molar-refractivity contribution in [3.05, 3.63) is 46.9 Å². The highest BCUT2D eigenvalue weighted by atomic mass is 35.5. The minimum Gasteiger partial charge on any atom is -1.00 e. The van der Waals surface area contributed by atoms with Gasteiger partial charge in [0.2, 0.25) is 0 Å². The number of ether oxygens (including phenoxy) is 1. The van der Waals surface area contributed by atoms with Crippen molar-refractivity contribution in [1.82, 2.24) is 5.32 Å². The highest BCUT2D eigenvalue weighted by Crippen LogP contribution is 2.26. The Labute approximate surface area is 140 Å². The number of hydrogen-bond acceptors (Lipinski definition) is 3. The fourth-order valence-electron chi connectivity index (χ4n) is 2.44. The summed E-state index contributed by atoms with van der Waals surface area (Å²) < 4.78 is 24.4. The first kappa shape index (κ1) is 17.3. The lowest BCUT2D eigenvalue weighted by Gasteiger charge is -2.09. The second-order valence-corrected chi connectivity index (χ2v) is 5.57. The molecule has 1 aromatic carbocycles. The van der Waals surface area contributed by atoms with Gasteiger partial charge in [-0.1, -0.05) is 11.6 Å². The van der Waals surface area contributed by atoms with Gasteiger partial charge in [-0.15, -0.1) is 0 Å². The molecule has 0 radical (unpaired) electrons. The molecule has 1 aromatic heterocycles. The number of benzene rings is 1. The SMILES string of the molecule is Fc1ccc(-c2ccc(CNCC3CCCO3)o2)cc1Cl.[Cl-]. The second-order valence-electron chi connectivity index (χ2n) is 5.16. The summed E-state index contributed by atoms with van der Waals surface area (Å²) in [5.41, 5.74) is 0.770. The number of hydrogen-bond donors (Lipinski definition) is 1. The van der Waals surface area contributed by atoms with E-state index in [4.69, 9.17) is 20.8 Å². The third kappa shape index (κ3) is 4.23. The van der Waals surface area contributed by atoms with Crippen LogP contribution in [0.25, 0.3) is 11.3 Å². The summed E-state index contributed by atoms with van der Waals surface area (Å²) in [6.07, 6.45) is 2.57. The summed E-state index contributed by atoms with van der Waals surface area (Å²) in [4.78, 5) is 0.